The van der Waals surface area contributed by atoms with Crippen LogP contribution in [0.4, 0.5) is 0 Å². The molecule has 1 saturated heterocycles. The van der Waals surface area contributed by atoms with Gasteiger partial charge in [0, 0.05) is 17.5 Å². The van der Waals surface area contributed by atoms with Crippen molar-refractivity contribution in [3.63, 3.8) is 0 Å². The number of carbonyl (C=O) groups excluding carboxylic acids is 1. The summed E-state index contributed by atoms with van der Waals surface area (Å²) in [5.41, 5.74) is 1.23. The van der Waals surface area contributed by atoms with E-state index in [9.17, 15) is 4.79 Å². The molecule has 1 aliphatic heterocycles. The number of nitrogens with zero attached hydrogens (tertiary/aromatic N) is 1. The van der Waals surface area contributed by atoms with Crippen LogP contribution in [0.3, 0.4) is 0 Å². The predicted octanol–water partition coefficient (Wildman–Crippen LogP) is 4.96. The predicted molar refractivity (Wildman–Crippen MR) is 99.6 cm³/mol. The van der Waals surface area contributed by atoms with E-state index >= 15 is 0 Å². The van der Waals surface area contributed by atoms with Gasteiger partial charge in [0.2, 0.25) is 0 Å². The molecule has 118 valence electrons. The summed E-state index contributed by atoms with van der Waals surface area (Å²) in [7, 11) is 0. The van der Waals surface area contributed by atoms with Gasteiger partial charge in [-0.05, 0) is 38.1 Å². The molecule has 1 fully saturated rings. The molecule has 0 N–H and O–H groups in total. The summed E-state index contributed by atoms with van der Waals surface area (Å²) in [6.07, 6.45) is 1.76. The van der Waals surface area contributed by atoms with Crippen LogP contribution < -0.4 is 0 Å². The smallest absolute Gasteiger partial charge is 0.266 e. The zero-order valence-electron chi connectivity index (χ0n) is 12.7. The minimum Gasteiger partial charge on any atom is -0.450 e. The normalized spacial score (nSPS) is 16.6. The van der Waals surface area contributed by atoms with Gasteiger partial charge in [-0.25, -0.2) is 0 Å². The minimum atomic E-state index is -0.0494. The van der Waals surface area contributed by atoms with Crippen molar-refractivity contribution in [1.29, 1.82) is 0 Å². The van der Waals surface area contributed by atoms with Crippen molar-refractivity contribution in [3.05, 3.63) is 52.6 Å². The van der Waals surface area contributed by atoms with Gasteiger partial charge in [0.1, 0.15) is 10.1 Å². The number of furan rings is 1. The molecule has 23 heavy (non-hydrogen) atoms. The third kappa shape index (κ3) is 3.71. The molecular formula is C17H15NO2S3. The van der Waals surface area contributed by atoms with Gasteiger partial charge >= 0.3 is 0 Å². The molecule has 1 amide bonds. The standard InChI is InChI=1S/C17H15NO2S3/c1-3-18-16(19)14(23-17(18)21)10-12-6-9-15(20-12)22-13-7-4-11(2)5-8-13/h4-10H,3H2,1-2H3/b14-10-. The maximum atomic E-state index is 12.2. The fraction of sp³-hybridized carbons (Fsp3) is 0.176. The molecule has 0 atom stereocenters. The molecule has 0 unspecified atom stereocenters. The molecule has 2 aromatic rings. The number of aryl methyl sites for hydroxylation is 1. The molecule has 0 aliphatic carbocycles. The molecule has 6 heteroatoms. The average molecular weight is 362 g/mol. The van der Waals surface area contributed by atoms with E-state index in [4.69, 9.17) is 16.6 Å². The van der Waals surface area contributed by atoms with Crippen LogP contribution in [0, 0.1) is 6.92 Å². The first-order valence-electron chi connectivity index (χ1n) is 7.16. The van der Waals surface area contributed by atoms with Gasteiger partial charge in [-0.3, -0.25) is 9.69 Å². The molecule has 0 radical (unpaired) electrons. The van der Waals surface area contributed by atoms with E-state index in [1.807, 2.05) is 19.1 Å². The minimum absolute atomic E-state index is 0.0494. The summed E-state index contributed by atoms with van der Waals surface area (Å²) < 4.78 is 6.39. The molecule has 1 aromatic carbocycles. The fourth-order valence-electron chi connectivity index (χ4n) is 2.09. The number of benzene rings is 1. The summed E-state index contributed by atoms with van der Waals surface area (Å²) in [6, 6.07) is 12.1. The molecule has 0 bridgehead atoms. The van der Waals surface area contributed by atoms with Gasteiger partial charge < -0.3 is 4.42 Å². The molecular weight excluding hydrogens is 346 g/mol. The number of thiocarbonyl (C=S) groups is 1. The lowest BCUT2D eigenvalue weighted by Gasteiger charge is -2.09. The van der Waals surface area contributed by atoms with E-state index in [2.05, 4.69) is 31.2 Å². The number of likely N-dealkylation sites (N-methyl/N-ethyl adjacent to an activating group) is 1. The van der Waals surface area contributed by atoms with Crippen molar-refractivity contribution < 1.29 is 9.21 Å². The SMILES string of the molecule is CCN1C(=O)/C(=C/c2ccc(Sc3ccc(C)cc3)o2)SC1=S. The van der Waals surface area contributed by atoms with Gasteiger partial charge in [0.25, 0.3) is 5.91 Å². The Morgan fingerprint density at radius 3 is 2.65 bits per heavy atom. The first-order valence-corrected chi connectivity index (χ1v) is 9.20. The summed E-state index contributed by atoms with van der Waals surface area (Å²) in [6.45, 7) is 4.57. The highest BCUT2D eigenvalue weighted by Gasteiger charge is 2.30. The van der Waals surface area contributed by atoms with E-state index in [0.29, 0.717) is 21.5 Å². The lowest BCUT2D eigenvalue weighted by molar-refractivity contribution is -0.121. The molecule has 2 heterocycles. The van der Waals surface area contributed by atoms with E-state index in [1.165, 1.54) is 17.3 Å². The highest BCUT2D eigenvalue weighted by Crippen LogP contribution is 2.34. The number of thioether (sulfide) groups is 1. The van der Waals surface area contributed by atoms with Crippen LogP contribution in [0.15, 0.2) is 55.7 Å². The van der Waals surface area contributed by atoms with E-state index < -0.39 is 0 Å². The highest BCUT2D eigenvalue weighted by molar-refractivity contribution is 8.26. The Morgan fingerprint density at radius 1 is 1.26 bits per heavy atom. The zero-order chi connectivity index (χ0) is 16.4. The van der Waals surface area contributed by atoms with Crippen LogP contribution in [0.1, 0.15) is 18.2 Å². The second-order valence-electron chi connectivity index (χ2n) is 5.00. The summed E-state index contributed by atoms with van der Waals surface area (Å²) in [4.78, 5) is 15.5. The van der Waals surface area contributed by atoms with Crippen LogP contribution in [-0.4, -0.2) is 21.7 Å². The summed E-state index contributed by atoms with van der Waals surface area (Å²) in [5, 5.41) is 0.797. The van der Waals surface area contributed by atoms with E-state index in [-0.39, 0.29) is 5.91 Å². The van der Waals surface area contributed by atoms with Crippen molar-refractivity contribution in [2.24, 2.45) is 0 Å². The van der Waals surface area contributed by atoms with Crippen LogP contribution in [0.2, 0.25) is 0 Å². The van der Waals surface area contributed by atoms with Crippen molar-refractivity contribution >= 4 is 52.0 Å². The number of rotatable bonds is 4. The Balaban J connectivity index is 1.75. The van der Waals surface area contributed by atoms with E-state index in [1.54, 1.807) is 22.7 Å². The largest absolute Gasteiger partial charge is 0.450 e. The summed E-state index contributed by atoms with van der Waals surface area (Å²) in [5.74, 6) is 0.614. The lowest BCUT2D eigenvalue weighted by atomic mass is 10.2. The molecule has 3 nitrogen and oxygen atoms in total. The topological polar surface area (TPSA) is 33.5 Å². The molecule has 0 saturated carbocycles. The Kier molecular flexibility index (Phi) is 4.94. The molecule has 1 aromatic heterocycles. The Labute approximate surface area is 149 Å². The Hall–Kier alpha value is -1.50. The first-order chi connectivity index (χ1) is 11.1. The third-order valence-corrected chi connectivity index (χ3v) is 5.61. The van der Waals surface area contributed by atoms with Gasteiger partial charge in [-0.2, -0.15) is 0 Å². The van der Waals surface area contributed by atoms with Crippen LogP contribution in [-0.2, 0) is 4.79 Å². The van der Waals surface area contributed by atoms with Crippen LogP contribution in [0.25, 0.3) is 6.08 Å². The van der Waals surface area contributed by atoms with Crippen LogP contribution in [0.5, 0.6) is 0 Å². The summed E-state index contributed by atoms with van der Waals surface area (Å²) >= 11 is 8.08. The monoisotopic (exact) mass is 361 g/mol. The molecule has 3 rings (SSSR count). The quantitative estimate of drug-likeness (QED) is 0.568. The van der Waals surface area contributed by atoms with Gasteiger partial charge in [-0.15, -0.1) is 0 Å². The Bertz CT molecular complexity index is 777. The third-order valence-electron chi connectivity index (χ3n) is 3.30. The maximum absolute atomic E-state index is 12.2. The van der Waals surface area contributed by atoms with Gasteiger partial charge in [0.05, 0.1) is 4.91 Å². The second-order valence-corrected chi connectivity index (χ2v) is 7.75. The highest BCUT2D eigenvalue weighted by atomic mass is 32.2. The molecule has 0 spiro atoms. The van der Waals surface area contributed by atoms with Crippen molar-refractivity contribution in [1.82, 2.24) is 4.90 Å². The number of amides is 1. The van der Waals surface area contributed by atoms with Crippen LogP contribution >= 0.6 is 35.7 Å². The van der Waals surface area contributed by atoms with E-state index in [0.717, 1.165) is 9.99 Å². The van der Waals surface area contributed by atoms with Crippen molar-refractivity contribution in [2.75, 3.05) is 6.54 Å². The van der Waals surface area contributed by atoms with Crippen molar-refractivity contribution in [2.45, 2.75) is 23.8 Å². The number of carbonyl (C=O) groups is 1. The lowest BCUT2D eigenvalue weighted by Crippen LogP contribution is -2.27. The number of hydrogen-bond donors (Lipinski definition) is 0. The molecule has 1 aliphatic rings. The second kappa shape index (κ2) is 6.95. The average Bonchev–Trinajstić information content (AvgIpc) is 3.07. The fourth-order valence-corrected chi connectivity index (χ4v) is 4.23. The number of hydrogen-bond acceptors (Lipinski definition) is 5. The maximum Gasteiger partial charge on any atom is 0.266 e. The zero-order valence-corrected chi connectivity index (χ0v) is 15.2. The Morgan fingerprint density at radius 2 is 2.00 bits per heavy atom. The van der Waals surface area contributed by atoms with Gasteiger partial charge in [0.15, 0.2) is 5.09 Å². The first kappa shape index (κ1) is 16.4. The van der Waals surface area contributed by atoms with Gasteiger partial charge in [-0.1, -0.05) is 53.4 Å². The van der Waals surface area contributed by atoms with Crippen molar-refractivity contribution in [3.8, 4) is 0 Å².